The molecule has 0 bridgehead atoms. The molecular formula is C9H8BrN3. The van der Waals surface area contributed by atoms with Gasteiger partial charge in [0.1, 0.15) is 12.2 Å². The number of aromatic nitrogens is 3. The molecule has 2 aromatic rings. The molecule has 0 saturated heterocycles. The van der Waals surface area contributed by atoms with Crippen molar-refractivity contribution in [2.24, 2.45) is 0 Å². The first-order valence-electron chi connectivity index (χ1n) is 3.90. The van der Waals surface area contributed by atoms with Crippen molar-refractivity contribution in [2.45, 2.75) is 6.92 Å². The van der Waals surface area contributed by atoms with Crippen molar-refractivity contribution in [3.63, 3.8) is 0 Å². The summed E-state index contributed by atoms with van der Waals surface area (Å²) in [6.07, 6.45) is 1.71. The molecule has 0 unspecified atom stereocenters. The summed E-state index contributed by atoms with van der Waals surface area (Å²) in [4.78, 5) is 4.06. The fourth-order valence-electron chi connectivity index (χ4n) is 1.06. The van der Waals surface area contributed by atoms with Gasteiger partial charge < -0.3 is 0 Å². The van der Waals surface area contributed by atoms with Crippen LogP contribution in [0.15, 0.2) is 35.1 Å². The van der Waals surface area contributed by atoms with E-state index in [4.69, 9.17) is 0 Å². The highest BCUT2D eigenvalue weighted by molar-refractivity contribution is 9.10. The molecule has 0 aliphatic rings. The fourth-order valence-corrected chi connectivity index (χ4v) is 1.33. The van der Waals surface area contributed by atoms with Crippen molar-refractivity contribution >= 4 is 15.9 Å². The highest BCUT2D eigenvalue weighted by Gasteiger charge is 1.97. The lowest BCUT2D eigenvalue weighted by Crippen LogP contribution is -1.93. The first-order chi connectivity index (χ1) is 6.25. The molecular weight excluding hydrogens is 230 g/mol. The summed E-state index contributed by atoms with van der Waals surface area (Å²) in [5, 5.41) is 4.20. The van der Waals surface area contributed by atoms with E-state index in [-0.39, 0.29) is 0 Å². The van der Waals surface area contributed by atoms with Gasteiger partial charge in [-0.1, -0.05) is 15.9 Å². The lowest BCUT2D eigenvalue weighted by Gasteiger charge is -1.98. The lowest BCUT2D eigenvalue weighted by atomic mass is 10.3. The van der Waals surface area contributed by atoms with E-state index >= 15 is 0 Å². The second-order valence-electron chi connectivity index (χ2n) is 2.71. The molecule has 66 valence electrons. The largest absolute Gasteiger partial charge is 0.221 e. The molecule has 13 heavy (non-hydrogen) atoms. The van der Waals surface area contributed by atoms with Crippen LogP contribution in [0.5, 0.6) is 0 Å². The van der Waals surface area contributed by atoms with Crippen LogP contribution < -0.4 is 0 Å². The highest BCUT2D eigenvalue weighted by atomic mass is 79.9. The van der Waals surface area contributed by atoms with Crippen LogP contribution in [0.3, 0.4) is 0 Å². The smallest absolute Gasteiger partial charge is 0.147 e. The SMILES string of the molecule is Cc1ncn(-c2ccc(Br)cc2)n1. The van der Waals surface area contributed by atoms with Gasteiger partial charge in [0.25, 0.3) is 0 Å². The van der Waals surface area contributed by atoms with Crippen molar-refractivity contribution in [3.05, 3.63) is 40.9 Å². The van der Waals surface area contributed by atoms with Crippen molar-refractivity contribution in [3.8, 4) is 5.69 Å². The van der Waals surface area contributed by atoms with Crippen molar-refractivity contribution in [1.29, 1.82) is 0 Å². The summed E-state index contributed by atoms with van der Waals surface area (Å²) in [7, 11) is 0. The third-order valence-electron chi connectivity index (χ3n) is 1.70. The van der Waals surface area contributed by atoms with Crippen LogP contribution in [0, 0.1) is 6.92 Å². The predicted molar refractivity (Wildman–Crippen MR) is 53.8 cm³/mol. The second-order valence-corrected chi connectivity index (χ2v) is 3.63. The van der Waals surface area contributed by atoms with E-state index in [1.54, 1.807) is 11.0 Å². The Bertz CT molecular complexity index is 405. The molecule has 0 saturated carbocycles. The monoisotopic (exact) mass is 237 g/mol. The summed E-state index contributed by atoms with van der Waals surface area (Å²) >= 11 is 3.38. The Morgan fingerprint density at radius 3 is 2.46 bits per heavy atom. The maximum Gasteiger partial charge on any atom is 0.147 e. The average Bonchev–Trinajstić information content (AvgIpc) is 2.53. The van der Waals surface area contributed by atoms with Gasteiger partial charge in [-0.15, -0.1) is 0 Å². The Morgan fingerprint density at radius 1 is 1.23 bits per heavy atom. The Kier molecular flexibility index (Phi) is 2.14. The van der Waals surface area contributed by atoms with E-state index in [1.807, 2.05) is 31.2 Å². The molecule has 0 radical (unpaired) electrons. The van der Waals surface area contributed by atoms with Crippen LogP contribution in [0.1, 0.15) is 5.82 Å². The van der Waals surface area contributed by atoms with Crippen LogP contribution in [0.25, 0.3) is 5.69 Å². The molecule has 3 nitrogen and oxygen atoms in total. The molecule has 2 rings (SSSR count). The van der Waals surface area contributed by atoms with E-state index in [0.29, 0.717) is 0 Å². The summed E-state index contributed by atoms with van der Waals surface area (Å²) in [6, 6.07) is 7.93. The zero-order valence-corrected chi connectivity index (χ0v) is 8.69. The molecule has 4 heteroatoms. The standard InChI is InChI=1S/C9H8BrN3/c1-7-11-6-13(12-7)9-4-2-8(10)3-5-9/h2-6H,1H3. The van der Waals surface area contributed by atoms with Crippen molar-refractivity contribution < 1.29 is 0 Å². The van der Waals surface area contributed by atoms with Crippen LogP contribution in [0.4, 0.5) is 0 Å². The van der Waals surface area contributed by atoms with Crippen molar-refractivity contribution in [2.75, 3.05) is 0 Å². The Hall–Kier alpha value is -1.16. The van der Waals surface area contributed by atoms with Gasteiger partial charge in [0.15, 0.2) is 0 Å². The minimum Gasteiger partial charge on any atom is -0.221 e. The van der Waals surface area contributed by atoms with Crippen LogP contribution in [-0.2, 0) is 0 Å². The van der Waals surface area contributed by atoms with E-state index in [9.17, 15) is 0 Å². The third-order valence-corrected chi connectivity index (χ3v) is 2.23. The maximum atomic E-state index is 4.20. The van der Waals surface area contributed by atoms with E-state index in [2.05, 4.69) is 26.0 Å². The van der Waals surface area contributed by atoms with Gasteiger partial charge >= 0.3 is 0 Å². The van der Waals surface area contributed by atoms with Gasteiger partial charge in [-0.3, -0.25) is 0 Å². The molecule has 0 spiro atoms. The van der Waals surface area contributed by atoms with E-state index < -0.39 is 0 Å². The number of nitrogens with zero attached hydrogens (tertiary/aromatic N) is 3. The molecule has 1 aromatic carbocycles. The van der Waals surface area contributed by atoms with Gasteiger partial charge in [0.2, 0.25) is 0 Å². The second kappa shape index (κ2) is 3.30. The topological polar surface area (TPSA) is 30.7 Å². The molecule has 0 atom stereocenters. The van der Waals surface area contributed by atoms with Crippen LogP contribution in [0.2, 0.25) is 0 Å². The fraction of sp³-hybridized carbons (Fsp3) is 0.111. The number of hydrogen-bond donors (Lipinski definition) is 0. The lowest BCUT2D eigenvalue weighted by molar-refractivity contribution is 0.862. The highest BCUT2D eigenvalue weighted by Crippen LogP contribution is 2.12. The first kappa shape index (κ1) is 8.44. The van der Waals surface area contributed by atoms with Gasteiger partial charge in [-0.05, 0) is 31.2 Å². The summed E-state index contributed by atoms with van der Waals surface area (Å²) < 4.78 is 2.81. The third kappa shape index (κ3) is 1.78. The molecule has 0 aliphatic heterocycles. The minimum atomic E-state index is 0.780. The van der Waals surface area contributed by atoms with Crippen LogP contribution >= 0.6 is 15.9 Å². The van der Waals surface area contributed by atoms with Gasteiger partial charge in [0.05, 0.1) is 5.69 Å². The number of benzene rings is 1. The molecule has 0 amide bonds. The number of hydrogen-bond acceptors (Lipinski definition) is 2. The Labute approximate surface area is 84.5 Å². The van der Waals surface area contributed by atoms with Gasteiger partial charge in [0, 0.05) is 4.47 Å². The zero-order valence-electron chi connectivity index (χ0n) is 7.11. The number of halogens is 1. The number of rotatable bonds is 1. The van der Waals surface area contributed by atoms with Gasteiger partial charge in [-0.2, -0.15) is 5.10 Å². The number of aryl methyl sites for hydroxylation is 1. The maximum absolute atomic E-state index is 4.20. The molecule has 1 heterocycles. The molecule has 0 aliphatic carbocycles. The predicted octanol–water partition coefficient (Wildman–Crippen LogP) is 2.34. The Morgan fingerprint density at radius 2 is 1.92 bits per heavy atom. The van der Waals surface area contributed by atoms with E-state index in [0.717, 1.165) is 16.0 Å². The summed E-state index contributed by atoms with van der Waals surface area (Å²) in [5.74, 6) is 0.780. The summed E-state index contributed by atoms with van der Waals surface area (Å²) in [6.45, 7) is 1.87. The molecule has 0 N–H and O–H groups in total. The van der Waals surface area contributed by atoms with Crippen molar-refractivity contribution in [1.82, 2.24) is 14.8 Å². The Balaban J connectivity index is 2.41. The minimum absolute atomic E-state index is 0.780. The zero-order chi connectivity index (χ0) is 9.26. The summed E-state index contributed by atoms with van der Waals surface area (Å²) in [5.41, 5.74) is 1.02. The molecule has 1 aromatic heterocycles. The normalized spacial score (nSPS) is 10.3. The average molecular weight is 238 g/mol. The first-order valence-corrected chi connectivity index (χ1v) is 4.69. The molecule has 0 fully saturated rings. The quantitative estimate of drug-likeness (QED) is 0.763. The van der Waals surface area contributed by atoms with Crippen LogP contribution in [-0.4, -0.2) is 14.8 Å². The van der Waals surface area contributed by atoms with E-state index in [1.165, 1.54) is 0 Å². The van der Waals surface area contributed by atoms with Gasteiger partial charge in [-0.25, -0.2) is 9.67 Å².